The van der Waals surface area contributed by atoms with Crippen LogP contribution in [0.1, 0.15) is 32.8 Å². The van der Waals surface area contributed by atoms with Crippen molar-refractivity contribution in [3.63, 3.8) is 0 Å². The highest BCUT2D eigenvalue weighted by Crippen LogP contribution is 2.20. The van der Waals surface area contributed by atoms with Crippen LogP contribution in [0.25, 0.3) is 0 Å². The maximum atomic E-state index is 12.5. The number of sulfonamides is 1. The molecule has 0 saturated heterocycles. The first kappa shape index (κ1) is 15.5. The Balaban J connectivity index is 3.17. The maximum Gasteiger partial charge on any atom is 0.243 e. The van der Waals surface area contributed by atoms with Gasteiger partial charge in [0.2, 0.25) is 10.0 Å². The lowest BCUT2D eigenvalue weighted by Gasteiger charge is -2.25. The summed E-state index contributed by atoms with van der Waals surface area (Å²) in [4.78, 5) is 0.322. The van der Waals surface area contributed by atoms with Crippen molar-refractivity contribution in [3.8, 4) is 0 Å². The molecule has 0 spiro atoms. The van der Waals surface area contributed by atoms with E-state index < -0.39 is 10.0 Å². The number of benzene rings is 1. The predicted octanol–water partition coefficient (Wildman–Crippen LogP) is 3.23. The molecular weight excluding hydrogens is 270 g/mol. The van der Waals surface area contributed by atoms with E-state index >= 15 is 0 Å². The van der Waals surface area contributed by atoms with E-state index in [2.05, 4.69) is 0 Å². The van der Waals surface area contributed by atoms with Crippen LogP contribution in [0.3, 0.4) is 0 Å². The van der Waals surface area contributed by atoms with E-state index in [1.165, 1.54) is 4.31 Å². The second kappa shape index (κ2) is 6.55. The Morgan fingerprint density at radius 2 is 2.00 bits per heavy atom. The summed E-state index contributed by atoms with van der Waals surface area (Å²) in [5, 5.41) is 0. The van der Waals surface area contributed by atoms with Crippen molar-refractivity contribution in [2.75, 3.05) is 6.54 Å². The number of hydrogen-bond acceptors (Lipinski definition) is 2. The average molecular weight is 290 g/mol. The quantitative estimate of drug-likeness (QED) is 0.754. The van der Waals surface area contributed by atoms with E-state index in [9.17, 15) is 8.42 Å². The number of halogens is 1. The third-order valence-electron chi connectivity index (χ3n) is 2.68. The van der Waals surface area contributed by atoms with E-state index in [0.29, 0.717) is 17.3 Å². The minimum atomic E-state index is -3.42. The summed E-state index contributed by atoms with van der Waals surface area (Å²) in [6, 6.07) is 6.78. The Labute approximate surface area is 115 Å². The van der Waals surface area contributed by atoms with Gasteiger partial charge in [-0.3, -0.25) is 0 Å². The molecular formula is C13H20ClNO2S. The van der Waals surface area contributed by atoms with Crippen LogP contribution in [-0.4, -0.2) is 25.3 Å². The summed E-state index contributed by atoms with van der Waals surface area (Å²) in [7, 11) is -3.42. The van der Waals surface area contributed by atoms with Crippen molar-refractivity contribution in [3.05, 3.63) is 29.8 Å². The molecule has 0 unspecified atom stereocenters. The third kappa shape index (κ3) is 3.46. The topological polar surface area (TPSA) is 37.4 Å². The van der Waals surface area contributed by atoms with Crippen LogP contribution in [0.15, 0.2) is 29.2 Å². The Kier molecular flexibility index (Phi) is 5.63. The molecule has 102 valence electrons. The molecule has 0 heterocycles. The molecule has 0 fully saturated rings. The molecule has 5 heteroatoms. The molecule has 1 aromatic carbocycles. The SMILES string of the molecule is CCCN(C(C)C)S(=O)(=O)c1cccc(CCl)c1. The Bertz CT molecular complexity index is 486. The van der Waals surface area contributed by atoms with Gasteiger partial charge in [-0.25, -0.2) is 8.42 Å². The smallest absolute Gasteiger partial charge is 0.207 e. The fraction of sp³-hybridized carbons (Fsp3) is 0.538. The number of nitrogens with zero attached hydrogens (tertiary/aromatic N) is 1. The van der Waals surface area contributed by atoms with Crippen LogP contribution in [0.4, 0.5) is 0 Å². The Hall–Kier alpha value is -0.580. The molecule has 0 saturated carbocycles. The largest absolute Gasteiger partial charge is 0.243 e. The Morgan fingerprint density at radius 3 is 2.50 bits per heavy atom. The van der Waals surface area contributed by atoms with Gasteiger partial charge in [-0.1, -0.05) is 19.1 Å². The fourth-order valence-corrected chi connectivity index (χ4v) is 3.77. The zero-order valence-electron chi connectivity index (χ0n) is 11.1. The number of hydrogen-bond donors (Lipinski definition) is 0. The normalized spacial score (nSPS) is 12.3. The van der Waals surface area contributed by atoms with Crippen LogP contribution in [0.2, 0.25) is 0 Å². The summed E-state index contributed by atoms with van der Waals surface area (Å²) in [5.41, 5.74) is 0.818. The van der Waals surface area contributed by atoms with Gasteiger partial charge in [-0.2, -0.15) is 4.31 Å². The molecule has 0 atom stereocenters. The molecule has 1 rings (SSSR count). The maximum absolute atomic E-state index is 12.5. The summed E-state index contributed by atoms with van der Waals surface area (Å²) in [5.74, 6) is 0.318. The first-order valence-corrected chi connectivity index (χ1v) is 8.07. The van der Waals surface area contributed by atoms with Gasteiger partial charge in [0.15, 0.2) is 0 Å². The van der Waals surface area contributed by atoms with Gasteiger partial charge in [0.1, 0.15) is 0 Å². The van der Waals surface area contributed by atoms with Gasteiger partial charge < -0.3 is 0 Å². The van der Waals surface area contributed by atoms with Crippen molar-refractivity contribution < 1.29 is 8.42 Å². The highest BCUT2D eigenvalue weighted by molar-refractivity contribution is 7.89. The molecule has 0 aliphatic carbocycles. The van der Waals surface area contributed by atoms with E-state index in [0.717, 1.165) is 12.0 Å². The third-order valence-corrected chi connectivity index (χ3v) is 5.06. The first-order valence-electron chi connectivity index (χ1n) is 6.10. The van der Waals surface area contributed by atoms with Crippen molar-refractivity contribution in [1.29, 1.82) is 0 Å². The molecule has 0 radical (unpaired) electrons. The molecule has 18 heavy (non-hydrogen) atoms. The van der Waals surface area contributed by atoms with Crippen LogP contribution in [-0.2, 0) is 15.9 Å². The van der Waals surface area contributed by atoms with E-state index in [1.54, 1.807) is 18.2 Å². The van der Waals surface area contributed by atoms with E-state index in [4.69, 9.17) is 11.6 Å². The molecule has 0 aromatic heterocycles. The molecule has 0 N–H and O–H groups in total. The van der Waals surface area contributed by atoms with Crippen molar-refractivity contribution >= 4 is 21.6 Å². The van der Waals surface area contributed by atoms with Gasteiger partial charge in [-0.05, 0) is 38.0 Å². The highest BCUT2D eigenvalue weighted by Gasteiger charge is 2.26. The highest BCUT2D eigenvalue weighted by atomic mass is 35.5. The van der Waals surface area contributed by atoms with Crippen LogP contribution in [0.5, 0.6) is 0 Å². The molecule has 3 nitrogen and oxygen atoms in total. The fourth-order valence-electron chi connectivity index (χ4n) is 1.80. The second-order valence-corrected chi connectivity index (χ2v) is 6.65. The van der Waals surface area contributed by atoms with E-state index in [-0.39, 0.29) is 6.04 Å². The van der Waals surface area contributed by atoms with Crippen molar-refractivity contribution in [2.24, 2.45) is 0 Å². The summed E-state index contributed by atoms with van der Waals surface area (Å²) >= 11 is 5.74. The molecule has 1 aromatic rings. The molecule has 0 aliphatic rings. The predicted molar refractivity (Wildman–Crippen MR) is 75.3 cm³/mol. The molecule has 0 aliphatic heterocycles. The van der Waals surface area contributed by atoms with Gasteiger partial charge in [0.05, 0.1) is 4.90 Å². The summed E-state index contributed by atoms with van der Waals surface area (Å²) < 4.78 is 26.6. The lowest BCUT2D eigenvalue weighted by atomic mass is 10.2. The van der Waals surface area contributed by atoms with Gasteiger partial charge in [0.25, 0.3) is 0 Å². The number of alkyl halides is 1. The molecule has 0 amide bonds. The van der Waals surface area contributed by atoms with Crippen LogP contribution >= 0.6 is 11.6 Å². The van der Waals surface area contributed by atoms with Gasteiger partial charge in [-0.15, -0.1) is 11.6 Å². The summed E-state index contributed by atoms with van der Waals surface area (Å²) in [6.07, 6.45) is 0.798. The van der Waals surface area contributed by atoms with Crippen LogP contribution < -0.4 is 0 Å². The minimum Gasteiger partial charge on any atom is -0.207 e. The first-order chi connectivity index (χ1) is 8.43. The summed E-state index contributed by atoms with van der Waals surface area (Å²) in [6.45, 7) is 6.28. The minimum absolute atomic E-state index is 0.0467. The second-order valence-electron chi connectivity index (χ2n) is 4.49. The average Bonchev–Trinajstić information content (AvgIpc) is 2.35. The zero-order chi connectivity index (χ0) is 13.8. The van der Waals surface area contributed by atoms with E-state index in [1.807, 2.05) is 26.8 Å². The lowest BCUT2D eigenvalue weighted by molar-refractivity contribution is 0.354. The molecule has 0 bridgehead atoms. The van der Waals surface area contributed by atoms with Crippen molar-refractivity contribution in [2.45, 2.75) is 44.0 Å². The lowest BCUT2D eigenvalue weighted by Crippen LogP contribution is -2.37. The number of rotatable bonds is 6. The zero-order valence-corrected chi connectivity index (χ0v) is 12.6. The van der Waals surface area contributed by atoms with Gasteiger partial charge >= 0.3 is 0 Å². The van der Waals surface area contributed by atoms with Crippen molar-refractivity contribution in [1.82, 2.24) is 4.31 Å². The van der Waals surface area contributed by atoms with Crippen LogP contribution in [0, 0.1) is 0 Å². The Morgan fingerprint density at radius 1 is 1.33 bits per heavy atom. The van der Waals surface area contributed by atoms with Gasteiger partial charge in [0, 0.05) is 18.5 Å². The monoisotopic (exact) mass is 289 g/mol. The standard InChI is InChI=1S/C13H20ClNO2S/c1-4-8-15(11(2)3)18(16,17)13-7-5-6-12(9-13)10-14/h5-7,9,11H,4,8,10H2,1-3H3.